The predicted molar refractivity (Wildman–Crippen MR) is 233 cm³/mol. The zero-order valence-corrected chi connectivity index (χ0v) is 31.2. The van der Waals surface area contributed by atoms with Crippen molar-refractivity contribution in [3.63, 3.8) is 0 Å². The lowest BCUT2D eigenvalue weighted by molar-refractivity contribution is 0.661. The van der Waals surface area contributed by atoms with Gasteiger partial charge < -0.3 is 4.57 Å². The summed E-state index contributed by atoms with van der Waals surface area (Å²) in [5, 5.41) is 3.52. The van der Waals surface area contributed by atoms with Crippen LogP contribution in [-0.4, -0.2) is 14.5 Å². The van der Waals surface area contributed by atoms with Crippen LogP contribution >= 0.6 is 0 Å². The van der Waals surface area contributed by atoms with Crippen molar-refractivity contribution in [1.82, 2.24) is 14.5 Å². The van der Waals surface area contributed by atoms with Gasteiger partial charge in [0, 0.05) is 38.4 Å². The van der Waals surface area contributed by atoms with Gasteiger partial charge in [0.25, 0.3) is 0 Å². The molecule has 10 aromatic rings. The number of benzene rings is 8. The van der Waals surface area contributed by atoms with Crippen LogP contribution in [0.5, 0.6) is 0 Å². The third-order valence-electron chi connectivity index (χ3n) is 11.8. The summed E-state index contributed by atoms with van der Waals surface area (Å²) >= 11 is 0. The molecule has 0 radical (unpaired) electrons. The Morgan fingerprint density at radius 3 is 1.79 bits per heavy atom. The highest BCUT2D eigenvalue weighted by atomic mass is 15.0. The molecule has 0 unspecified atom stereocenters. The van der Waals surface area contributed by atoms with Crippen LogP contribution < -0.4 is 0 Å². The lowest BCUT2D eigenvalue weighted by atomic mass is 9.82. The molecule has 8 aromatic carbocycles. The molecule has 0 amide bonds. The molecule has 1 aliphatic rings. The Balaban J connectivity index is 1.16. The van der Waals surface area contributed by atoms with Gasteiger partial charge in [0.1, 0.15) is 0 Å². The molecule has 0 fully saturated rings. The number of fused-ring (bicyclic) bond motifs is 7. The highest BCUT2D eigenvalue weighted by Gasteiger charge is 2.36. The van der Waals surface area contributed by atoms with E-state index in [1.165, 1.54) is 55.2 Å². The van der Waals surface area contributed by atoms with E-state index in [0.29, 0.717) is 5.82 Å². The molecule has 56 heavy (non-hydrogen) atoms. The summed E-state index contributed by atoms with van der Waals surface area (Å²) in [5.74, 6) is 0.708. The van der Waals surface area contributed by atoms with Crippen LogP contribution in [0, 0.1) is 0 Å². The Labute approximate surface area is 326 Å². The maximum Gasteiger partial charge on any atom is 0.160 e. The van der Waals surface area contributed by atoms with Gasteiger partial charge in [-0.15, -0.1) is 0 Å². The average Bonchev–Trinajstić information content (AvgIpc) is 3.70. The van der Waals surface area contributed by atoms with E-state index >= 15 is 0 Å². The summed E-state index contributed by atoms with van der Waals surface area (Å²) in [4.78, 5) is 10.5. The van der Waals surface area contributed by atoms with Crippen LogP contribution in [0.3, 0.4) is 0 Å². The minimum atomic E-state index is -0.117. The van der Waals surface area contributed by atoms with Gasteiger partial charge in [-0.05, 0) is 87.0 Å². The van der Waals surface area contributed by atoms with E-state index in [1.807, 2.05) is 6.07 Å². The van der Waals surface area contributed by atoms with Crippen molar-refractivity contribution < 1.29 is 0 Å². The Morgan fingerprint density at radius 1 is 0.393 bits per heavy atom. The molecule has 1 aliphatic carbocycles. The van der Waals surface area contributed by atoms with Crippen LogP contribution in [-0.2, 0) is 5.41 Å². The monoisotopic (exact) mass is 715 g/mol. The maximum absolute atomic E-state index is 5.39. The van der Waals surface area contributed by atoms with E-state index in [9.17, 15) is 0 Å². The highest BCUT2D eigenvalue weighted by Crippen LogP contribution is 2.51. The molecule has 0 atom stereocenters. The first-order valence-corrected chi connectivity index (χ1v) is 19.3. The molecule has 2 heterocycles. The quantitative estimate of drug-likeness (QED) is 0.178. The molecule has 0 bridgehead atoms. The molecule has 264 valence electrons. The summed E-state index contributed by atoms with van der Waals surface area (Å²) in [6.45, 7) is 4.72. The van der Waals surface area contributed by atoms with Crippen molar-refractivity contribution in [2.45, 2.75) is 19.3 Å². The highest BCUT2D eigenvalue weighted by molar-refractivity contribution is 6.12. The third kappa shape index (κ3) is 5.05. The normalized spacial score (nSPS) is 13.0. The number of hydrogen-bond donors (Lipinski definition) is 0. The Morgan fingerprint density at radius 2 is 1.00 bits per heavy atom. The molecule has 0 N–H and O–H groups in total. The maximum atomic E-state index is 5.39. The Hall–Kier alpha value is -7.10. The number of nitrogens with zero attached hydrogens (tertiary/aromatic N) is 3. The summed E-state index contributed by atoms with van der Waals surface area (Å²) in [5.41, 5.74) is 17.3. The minimum absolute atomic E-state index is 0.117. The van der Waals surface area contributed by atoms with Crippen molar-refractivity contribution in [2.24, 2.45) is 0 Å². The van der Waals surface area contributed by atoms with E-state index in [2.05, 4.69) is 200 Å². The molecule has 2 aromatic heterocycles. The van der Waals surface area contributed by atoms with Gasteiger partial charge in [0.15, 0.2) is 5.82 Å². The standard InChI is InChI=1S/C53H37N3/c1-53(2)46-22-12-9-19-41(46)44-32-45-42-20-11-14-24-49(42)56(50(45)33-47(44)53)40-30-38(35-17-7-4-8-18-35)29-39(31-40)51-43-21-10-13-23-48(43)54-52(55-51)37-27-25-36(26-28-37)34-15-5-3-6-16-34/h3-33H,1-2H3. The molecular formula is C53H37N3. The Kier molecular flexibility index (Phi) is 7.20. The fraction of sp³-hybridized carbons (Fsp3) is 0.0566. The first kappa shape index (κ1) is 32.3. The molecule has 11 rings (SSSR count). The number of aromatic nitrogens is 3. The largest absolute Gasteiger partial charge is 0.309 e. The molecule has 3 heteroatoms. The van der Waals surface area contributed by atoms with Gasteiger partial charge in [-0.3, -0.25) is 0 Å². The van der Waals surface area contributed by atoms with E-state index < -0.39 is 0 Å². The zero-order chi connectivity index (χ0) is 37.4. The summed E-state index contributed by atoms with van der Waals surface area (Å²) in [7, 11) is 0. The molecule has 3 nitrogen and oxygen atoms in total. The van der Waals surface area contributed by atoms with Crippen LogP contribution in [0.25, 0.3) is 94.4 Å². The first-order valence-electron chi connectivity index (χ1n) is 19.3. The van der Waals surface area contributed by atoms with Crippen molar-refractivity contribution >= 4 is 32.7 Å². The SMILES string of the molecule is CC1(C)c2ccccc2-c2cc3c4ccccc4n(-c4cc(-c5ccccc5)cc(-c5nc(-c6ccc(-c7ccccc7)cc6)nc6ccccc56)c4)c3cc21. The van der Waals surface area contributed by atoms with E-state index in [1.54, 1.807) is 0 Å². The predicted octanol–water partition coefficient (Wildman–Crippen LogP) is 13.7. The average molecular weight is 716 g/mol. The van der Waals surface area contributed by atoms with Crippen molar-refractivity contribution in [1.29, 1.82) is 0 Å². The molecule has 0 spiro atoms. The molecule has 0 saturated heterocycles. The number of rotatable bonds is 5. The van der Waals surface area contributed by atoms with Crippen molar-refractivity contribution in [3.8, 4) is 61.7 Å². The Bertz CT molecular complexity index is 3140. The zero-order valence-electron chi connectivity index (χ0n) is 31.2. The van der Waals surface area contributed by atoms with E-state index in [0.717, 1.165) is 44.5 Å². The smallest absolute Gasteiger partial charge is 0.160 e. The fourth-order valence-corrected chi connectivity index (χ4v) is 8.98. The van der Waals surface area contributed by atoms with Gasteiger partial charge in [-0.2, -0.15) is 0 Å². The molecular weight excluding hydrogens is 679 g/mol. The number of para-hydroxylation sites is 2. The first-order chi connectivity index (χ1) is 27.5. The van der Waals surface area contributed by atoms with Gasteiger partial charge in [0.2, 0.25) is 0 Å². The molecule has 0 saturated carbocycles. The van der Waals surface area contributed by atoms with E-state index in [-0.39, 0.29) is 5.41 Å². The van der Waals surface area contributed by atoms with Crippen LogP contribution in [0.1, 0.15) is 25.0 Å². The number of hydrogen-bond acceptors (Lipinski definition) is 2. The summed E-state index contributed by atoms with van der Waals surface area (Å²) < 4.78 is 2.46. The van der Waals surface area contributed by atoms with Crippen LogP contribution in [0.15, 0.2) is 188 Å². The topological polar surface area (TPSA) is 30.7 Å². The van der Waals surface area contributed by atoms with Crippen molar-refractivity contribution in [2.75, 3.05) is 0 Å². The second-order valence-corrected chi connectivity index (χ2v) is 15.4. The van der Waals surface area contributed by atoms with Crippen molar-refractivity contribution in [3.05, 3.63) is 199 Å². The second kappa shape index (κ2) is 12.5. The van der Waals surface area contributed by atoms with Gasteiger partial charge in [-0.1, -0.05) is 159 Å². The third-order valence-corrected chi connectivity index (χ3v) is 11.8. The minimum Gasteiger partial charge on any atom is -0.309 e. The lowest BCUT2D eigenvalue weighted by Gasteiger charge is -2.22. The summed E-state index contributed by atoms with van der Waals surface area (Å²) in [6, 6.07) is 67.7. The van der Waals surface area contributed by atoms with E-state index in [4.69, 9.17) is 9.97 Å². The fourth-order valence-electron chi connectivity index (χ4n) is 8.98. The van der Waals surface area contributed by atoms with Gasteiger partial charge >= 0.3 is 0 Å². The lowest BCUT2D eigenvalue weighted by Crippen LogP contribution is -2.15. The summed E-state index contributed by atoms with van der Waals surface area (Å²) in [6.07, 6.45) is 0. The van der Waals surface area contributed by atoms with Crippen LogP contribution in [0.2, 0.25) is 0 Å². The second-order valence-electron chi connectivity index (χ2n) is 15.4. The van der Waals surface area contributed by atoms with Gasteiger partial charge in [0.05, 0.1) is 22.2 Å². The van der Waals surface area contributed by atoms with Gasteiger partial charge in [-0.25, -0.2) is 9.97 Å². The molecule has 0 aliphatic heterocycles. The van der Waals surface area contributed by atoms with Crippen LogP contribution in [0.4, 0.5) is 0 Å².